The van der Waals surface area contributed by atoms with Gasteiger partial charge in [-0.1, -0.05) is 0 Å². The van der Waals surface area contributed by atoms with Crippen LogP contribution in [0.2, 0.25) is 0 Å². The molecule has 0 heterocycles. The molecule has 0 radical (unpaired) electrons. The van der Waals surface area contributed by atoms with E-state index >= 15 is 0 Å². The van der Waals surface area contributed by atoms with Crippen LogP contribution in [0.15, 0.2) is 24.4 Å². The van der Waals surface area contributed by atoms with Gasteiger partial charge >= 0.3 is 0 Å². The molecule has 0 spiro atoms. The Morgan fingerprint density at radius 3 is 2.53 bits per heavy atom. The number of ketones is 1. The van der Waals surface area contributed by atoms with Crippen molar-refractivity contribution >= 4 is 17.5 Å². The Morgan fingerprint density at radius 1 is 1.41 bits per heavy atom. The molecule has 0 saturated heterocycles. The highest BCUT2D eigenvalue weighted by Crippen LogP contribution is 2.21. The van der Waals surface area contributed by atoms with E-state index in [9.17, 15) is 14.9 Å². The first-order valence-corrected chi connectivity index (χ1v) is 5.06. The summed E-state index contributed by atoms with van der Waals surface area (Å²) in [7, 11) is 3.63. The van der Waals surface area contributed by atoms with Crippen LogP contribution in [-0.2, 0) is 0 Å². The molecule has 1 rings (SSSR count). The monoisotopic (exact) mass is 234 g/mol. The second-order valence-electron chi connectivity index (χ2n) is 3.87. The van der Waals surface area contributed by atoms with Crippen LogP contribution in [0.5, 0.6) is 0 Å². The van der Waals surface area contributed by atoms with E-state index in [-0.39, 0.29) is 11.5 Å². The minimum atomic E-state index is -0.459. The Kier molecular flexibility index (Phi) is 3.98. The summed E-state index contributed by atoms with van der Waals surface area (Å²) in [4.78, 5) is 23.3. The van der Waals surface area contributed by atoms with Crippen LogP contribution in [0.4, 0.5) is 5.69 Å². The number of Topliss-reactive ketones (excluding diaryl/α,β-unsaturated/α-hetero) is 1. The summed E-state index contributed by atoms with van der Waals surface area (Å²) in [6, 6.07) is 4.35. The average molecular weight is 234 g/mol. The van der Waals surface area contributed by atoms with Crippen LogP contribution in [0, 0.1) is 10.1 Å². The van der Waals surface area contributed by atoms with Gasteiger partial charge in [-0.05, 0) is 31.3 Å². The number of hydrogen-bond donors (Lipinski definition) is 0. The molecule has 5 nitrogen and oxygen atoms in total. The standard InChI is InChI=1S/C12H14N2O3/c1-9(15)10-4-5-12(14(16)17)11(8-10)6-7-13(2)3/h4-8H,1-3H3/b7-6+. The van der Waals surface area contributed by atoms with Crippen molar-refractivity contribution in [3.63, 3.8) is 0 Å². The van der Waals surface area contributed by atoms with Gasteiger partial charge in [-0.15, -0.1) is 0 Å². The lowest BCUT2D eigenvalue weighted by atomic mass is 10.1. The molecule has 1 aromatic carbocycles. The Morgan fingerprint density at radius 2 is 2.06 bits per heavy atom. The molecule has 1 aromatic rings. The normalized spacial score (nSPS) is 10.5. The minimum absolute atomic E-state index is 0.00639. The van der Waals surface area contributed by atoms with Gasteiger partial charge in [0.15, 0.2) is 5.78 Å². The van der Waals surface area contributed by atoms with Crippen molar-refractivity contribution in [2.45, 2.75) is 6.92 Å². The lowest BCUT2D eigenvalue weighted by Gasteiger charge is -2.04. The number of hydrogen-bond acceptors (Lipinski definition) is 4. The van der Waals surface area contributed by atoms with Crippen molar-refractivity contribution in [2.75, 3.05) is 14.1 Å². The smallest absolute Gasteiger partial charge is 0.276 e. The summed E-state index contributed by atoms with van der Waals surface area (Å²) in [5.74, 6) is -0.112. The molecule has 0 N–H and O–H groups in total. The predicted octanol–water partition coefficient (Wildman–Crippen LogP) is 2.33. The summed E-state index contributed by atoms with van der Waals surface area (Å²) < 4.78 is 0. The number of benzene rings is 1. The van der Waals surface area contributed by atoms with E-state index in [1.807, 2.05) is 14.1 Å². The van der Waals surface area contributed by atoms with Crippen LogP contribution in [0.3, 0.4) is 0 Å². The number of nitro groups is 1. The summed E-state index contributed by atoms with van der Waals surface area (Å²) in [6.07, 6.45) is 3.32. The maximum Gasteiger partial charge on any atom is 0.276 e. The van der Waals surface area contributed by atoms with Crippen molar-refractivity contribution in [3.8, 4) is 0 Å². The molecule has 0 aromatic heterocycles. The van der Waals surface area contributed by atoms with E-state index in [0.717, 1.165) is 0 Å². The Labute approximate surface area is 99.5 Å². The van der Waals surface area contributed by atoms with Crippen LogP contribution < -0.4 is 0 Å². The lowest BCUT2D eigenvalue weighted by Crippen LogP contribution is -2.01. The summed E-state index contributed by atoms with van der Waals surface area (Å²) in [5, 5.41) is 10.8. The second-order valence-corrected chi connectivity index (χ2v) is 3.87. The molecule has 5 heteroatoms. The van der Waals surface area contributed by atoms with E-state index < -0.39 is 4.92 Å². The molecule has 0 bridgehead atoms. The first kappa shape index (κ1) is 12.9. The molecular weight excluding hydrogens is 220 g/mol. The van der Waals surface area contributed by atoms with Gasteiger partial charge in [-0.2, -0.15) is 0 Å². The van der Waals surface area contributed by atoms with Crippen LogP contribution in [-0.4, -0.2) is 29.7 Å². The second kappa shape index (κ2) is 5.25. The zero-order valence-corrected chi connectivity index (χ0v) is 10.0. The molecule has 0 aliphatic heterocycles. The summed E-state index contributed by atoms with van der Waals surface area (Å²) >= 11 is 0. The largest absolute Gasteiger partial charge is 0.383 e. The van der Waals surface area contributed by atoms with E-state index in [1.165, 1.54) is 25.1 Å². The maximum atomic E-state index is 11.2. The third-order valence-electron chi connectivity index (χ3n) is 2.18. The summed E-state index contributed by atoms with van der Waals surface area (Å²) in [6.45, 7) is 1.43. The average Bonchev–Trinajstić information content (AvgIpc) is 2.25. The van der Waals surface area contributed by atoms with Gasteiger partial charge in [-0.25, -0.2) is 0 Å². The third kappa shape index (κ3) is 3.41. The zero-order chi connectivity index (χ0) is 13.0. The Balaban J connectivity index is 3.25. The first-order chi connectivity index (χ1) is 7.91. The Bertz CT molecular complexity index is 479. The van der Waals surface area contributed by atoms with E-state index in [2.05, 4.69) is 0 Å². The van der Waals surface area contributed by atoms with Gasteiger partial charge < -0.3 is 4.90 Å². The van der Waals surface area contributed by atoms with Crippen LogP contribution >= 0.6 is 0 Å². The number of nitrogens with zero attached hydrogens (tertiary/aromatic N) is 2. The third-order valence-corrected chi connectivity index (χ3v) is 2.18. The molecule has 0 fully saturated rings. The van der Waals surface area contributed by atoms with Gasteiger partial charge in [0.2, 0.25) is 0 Å². The van der Waals surface area contributed by atoms with Gasteiger partial charge in [-0.3, -0.25) is 14.9 Å². The lowest BCUT2D eigenvalue weighted by molar-refractivity contribution is -0.385. The zero-order valence-electron chi connectivity index (χ0n) is 10.0. The summed E-state index contributed by atoms with van der Waals surface area (Å²) in [5.41, 5.74) is 0.888. The molecule has 17 heavy (non-hydrogen) atoms. The van der Waals surface area contributed by atoms with E-state index in [4.69, 9.17) is 0 Å². The fourth-order valence-electron chi connectivity index (χ4n) is 1.30. The Hall–Kier alpha value is -2.17. The highest BCUT2D eigenvalue weighted by molar-refractivity contribution is 5.95. The molecule has 90 valence electrons. The fourth-order valence-corrected chi connectivity index (χ4v) is 1.30. The van der Waals surface area contributed by atoms with Gasteiger partial charge in [0.05, 0.1) is 10.5 Å². The number of carbonyl (C=O) groups is 1. The molecule has 0 aliphatic rings. The quantitative estimate of drug-likeness (QED) is 0.455. The van der Waals surface area contributed by atoms with Crippen molar-refractivity contribution in [2.24, 2.45) is 0 Å². The van der Waals surface area contributed by atoms with Crippen LogP contribution in [0.25, 0.3) is 6.08 Å². The number of nitro benzene ring substituents is 1. The van der Waals surface area contributed by atoms with Crippen molar-refractivity contribution in [1.82, 2.24) is 4.90 Å². The van der Waals surface area contributed by atoms with Crippen molar-refractivity contribution in [3.05, 3.63) is 45.6 Å². The molecule has 0 saturated carbocycles. The first-order valence-electron chi connectivity index (χ1n) is 5.06. The SMILES string of the molecule is CC(=O)c1ccc([N+](=O)[O-])c(/C=C/N(C)C)c1. The predicted molar refractivity (Wildman–Crippen MR) is 65.8 cm³/mol. The van der Waals surface area contributed by atoms with E-state index in [1.54, 1.807) is 17.2 Å². The van der Waals surface area contributed by atoms with E-state index in [0.29, 0.717) is 11.1 Å². The topological polar surface area (TPSA) is 63.4 Å². The highest BCUT2D eigenvalue weighted by Gasteiger charge is 2.13. The minimum Gasteiger partial charge on any atom is -0.383 e. The maximum absolute atomic E-state index is 11.2. The number of carbonyl (C=O) groups excluding carboxylic acids is 1. The fraction of sp³-hybridized carbons (Fsp3) is 0.250. The van der Waals surface area contributed by atoms with Crippen LogP contribution in [0.1, 0.15) is 22.8 Å². The molecule has 0 aliphatic carbocycles. The van der Waals surface area contributed by atoms with Gasteiger partial charge in [0.25, 0.3) is 5.69 Å². The molecule has 0 unspecified atom stereocenters. The molecule has 0 amide bonds. The number of rotatable bonds is 4. The van der Waals surface area contributed by atoms with Gasteiger partial charge in [0.1, 0.15) is 0 Å². The van der Waals surface area contributed by atoms with Gasteiger partial charge in [0, 0.05) is 25.7 Å². The highest BCUT2D eigenvalue weighted by atomic mass is 16.6. The van der Waals surface area contributed by atoms with Crippen molar-refractivity contribution in [1.29, 1.82) is 0 Å². The van der Waals surface area contributed by atoms with Crippen molar-refractivity contribution < 1.29 is 9.72 Å². The molecular formula is C12H14N2O3. The molecule has 0 atom stereocenters.